The molecule has 108 valence electrons. The molecule has 0 atom stereocenters. The number of nitrogens with zero attached hydrogens (tertiary/aromatic N) is 2. The van der Waals surface area contributed by atoms with Crippen LogP contribution in [0.4, 0.5) is 4.39 Å². The number of carbonyl (C=O) groups excluding carboxylic acids is 2. The number of ketones is 1. The van der Waals surface area contributed by atoms with Crippen LogP contribution in [-0.4, -0.2) is 54.7 Å². The van der Waals surface area contributed by atoms with Crippen molar-refractivity contribution in [2.75, 3.05) is 33.2 Å². The van der Waals surface area contributed by atoms with Gasteiger partial charge in [-0.2, -0.15) is 0 Å². The Morgan fingerprint density at radius 1 is 1.25 bits per heavy atom. The van der Waals surface area contributed by atoms with Crippen LogP contribution >= 0.6 is 0 Å². The summed E-state index contributed by atoms with van der Waals surface area (Å²) >= 11 is 0. The van der Waals surface area contributed by atoms with Crippen molar-refractivity contribution in [2.45, 2.75) is 12.8 Å². The minimum atomic E-state index is -0.303. The number of amides is 1. The maximum atomic E-state index is 12.8. The van der Waals surface area contributed by atoms with Gasteiger partial charge in [0, 0.05) is 26.6 Å². The Morgan fingerprint density at radius 2 is 1.95 bits per heavy atom. The fraction of sp³-hybridized carbons (Fsp3) is 0.467. The molecule has 1 aliphatic rings. The zero-order valence-corrected chi connectivity index (χ0v) is 11.6. The lowest BCUT2D eigenvalue weighted by Gasteiger charge is -2.18. The molecule has 1 heterocycles. The first kappa shape index (κ1) is 14.7. The summed E-state index contributed by atoms with van der Waals surface area (Å²) < 4.78 is 12.8. The van der Waals surface area contributed by atoms with Gasteiger partial charge in [0.25, 0.3) is 0 Å². The normalized spacial score (nSPS) is 17.1. The third kappa shape index (κ3) is 4.13. The third-order valence-corrected chi connectivity index (χ3v) is 3.47. The molecule has 20 heavy (non-hydrogen) atoms. The molecule has 1 amide bonds. The molecule has 0 radical (unpaired) electrons. The Morgan fingerprint density at radius 3 is 2.65 bits per heavy atom. The van der Waals surface area contributed by atoms with Gasteiger partial charge in [-0.15, -0.1) is 0 Å². The summed E-state index contributed by atoms with van der Waals surface area (Å²) in [6.45, 7) is 2.06. The van der Waals surface area contributed by atoms with Gasteiger partial charge in [0.1, 0.15) is 5.82 Å². The van der Waals surface area contributed by atoms with Crippen molar-refractivity contribution in [1.82, 2.24) is 9.80 Å². The quantitative estimate of drug-likeness (QED) is 0.828. The Labute approximate surface area is 118 Å². The molecule has 4 nitrogen and oxygen atoms in total. The molecule has 1 aromatic rings. The number of halogens is 1. The molecule has 0 bridgehead atoms. The van der Waals surface area contributed by atoms with E-state index in [0.717, 1.165) is 25.1 Å². The first-order valence-electron chi connectivity index (χ1n) is 6.77. The van der Waals surface area contributed by atoms with E-state index in [4.69, 9.17) is 0 Å². The van der Waals surface area contributed by atoms with E-state index in [2.05, 4.69) is 0 Å². The predicted octanol–water partition coefficient (Wildman–Crippen LogP) is 1.10. The van der Waals surface area contributed by atoms with E-state index in [0.29, 0.717) is 6.54 Å². The molecule has 1 aliphatic heterocycles. The summed E-state index contributed by atoms with van der Waals surface area (Å²) in [5, 5.41) is 0. The first-order valence-corrected chi connectivity index (χ1v) is 6.77. The number of likely N-dealkylation sites (N-methyl/N-ethyl adjacent to an activating group) is 1. The highest BCUT2D eigenvalue weighted by molar-refractivity contribution is 5.84. The zero-order valence-electron chi connectivity index (χ0n) is 11.6. The van der Waals surface area contributed by atoms with E-state index >= 15 is 0 Å². The van der Waals surface area contributed by atoms with Crippen molar-refractivity contribution in [1.29, 1.82) is 0 Å². The van der Waals surface area contributed by atoms with E-state index in [9.17, 15) is 14.0 Å². The summed E-state index contributed by atoms with van der Waals surface area (Å²) in [6.07, 6.45) is 1.16. The third-order valence-electron chi connectivity index (χ3n) is 3.47. The first-order chi connectivity index (χ1) is 9.54. The van der Waals surface area contributed by atoms with Crippen LogP contribution in [0, 0.1) is 5.82 Å². The SMILES string of the molecule is CN1CCCN(CC(=O)Cc2ccc(F)cc2)CC1=O. The highest BCUT2D eigenvalue weighted by atomic mass is 19.1. The molecule has 0 N–H and O–H groups in total. The second kappa shape index (κ2) is 6.61. The Kier molecular flexibility index (Phi) is 4.84. The fourth-order valence-corrected chi connectivity index (χ4v) is 2.32. The van der Waals surface area contributed by atoms with Gasteiger partial charge in [0.2, 0.25) is 5.91 Å². The van der Waals surface area contributed by atoms with Crippen LogP contribution in [0.5, 0.6) is 0 Å². The Bertz CT molecular complexity index is 487. The van der Waals surface area contributed by atoms with Crippen LogP contribution in [-0.2, 0) is 16.0 Å². The van der Waals surface area contributed by atoms with Gasteiger partial charge in [-0.25, -0.2) is 4.39 Å². The van der Waals surface area contributed by atoms with Crippen molar-refractivity contribution in [3.63, 3.8) is 0 Å². The number of carbonyl (C=O) groups is 2. The molecule has 1 fully saturated rings. The maximum absolute atomic E-state index is 12.8. The van der Waals surface area contributed by atoms with Crippen molar-refractivity contribution < 1.29 is 14.0 Å². The Hall–Kier alpha value is -1.75. The number of rotatable bonds is 4. The van der Waals surface area contributed by atoms with Crippen molar-refractivity contribution in [3.8, 4) is 0 Å². The molecule has 0 aliphatic carbocycles. The van der Waals surface area contributed by atoms with Crippen LogP contribution in [0.3, 0.4) is 0 Å². The van der Waals surface area contributed by atoms with E-state index in [1.807, 2.05) is 4.90 Å². The second-order valence-electron chi connectivity index (χ2n) is 5.22. The predicted molar refractivity (Wildman–Crippen MR) is 73.8 cm³/mol. The lowest BCUT2D eigenvalue weighted by molar-refractivity contribution is -0.130. The fourth-order valence-electron chi connectivity index (χ4n) is 2.32. The van der Waals surface area contributed by atoms with Gasteiger partial charge >= 0.3 is 0 Å². The molecule has 0 saturated carbocycles. The molecule has 5 heteroatoms. The minimum Gasteiger partial charge on any atom is -0.345 e. The van der Waals surface area contributed by atoms with Crippen molar-refractivity contribution in [2.24, 2.45) is 0 Å². The number of hydrogen-bond donors (Lipinski definition) is 0. The smallest absolute Gasteiger partial charge is 0.236 e. The van der Waals surface area contributed by atoms with E-state index in [-0.39, 0.29) is 30.5 Å². The molecule has 0 unspecified atom stereocenters. The van der Waals surface area contributed by atoms with E-state index in [1.54, 1.807) is 24.1 Å². The molecule has 1 saturated heterocycles. The highest BCUT2D eigenvalue weighted by Crippen LogP contribution is 2.06. The van der Waals surface area contributed by atoms with Crippen molar-refractivity contribution >= 4 is 11.7 Å². The van der Waals surface area contributed by atoms with Gasteiger partial charge in [-0.3, -0.25) is 14.5 Å². The topological polar surface area (TPSA) is 40.6 Å². The van der Waals surface area contributed by atoms with Crippen LogP contribution in [0.2, 0.25) is 0 Å². The molecule has 0 aromatic heterocycles. The van der Waals surface area contributed by atoms with E-state index in [1.165, 1.54) is 12.1 Å². The van der Waals surface area contributed by atoms with E-state index < -0.39 is 0 Å². The van der Waals surface area contributed by atoms with Gasteiger partial charge in [0.15, 0.2) is 5.78 Å². The number of Topliss-reactive ketones (excluding diaryl/α,β-unsaturated/α-hetero) is 1. The van der Waals surface area contributed by atoms with Crippen LogP contribution in [0.1, 0.15) is 12.0 Å². The van der Waals surface area contributed by atoms with Gasteiger partial charge < -0.3 is 4.90 Å². The summed E-state index contributed by atoms with van der Waals surface area (Å²) in [4.78, 5) is 27.3. The maximum Gasteiger partial charge on any atom is 0.236 e. The summed E-state index contributed by atoms with van der Waals surface area (Å²) in [5.41, 5.74) is 0.801. The van der Waals surface area contributed by atoms with Crippen molar-refractivity contribution in [3.05, 3.63) is 35.6 Å². The number of benzene rings is 1. The summed E-state index contributed by atoms with van der Waals surface area (Å²) in [7, 11) is 1.78. The molecule has 0 spiro atoms. The van der Waals surface area contributed by atoms with Gasteiger partial charge in [-0.05, 0) is 24.1 Å². The van der Waals surface area contributed by atoms with Crippen LogP contribution in [0.25, 0.3) is 0 Å². The standard InChI is InChI=1S/C15H19FN2O2/c1-17-7-2-8-18(11-15(17)20)10-14(19)9-12-3-5-13(16)6-4-12/h3-6H,2,7-11H2,1H3. The number of hydrogen-bond acceptors (Lipinski definition) is 3. The average molecular weight is 278 g/mol. The summed E-state index contributed by atoms with van der Waals surface area (Å²) in [5.74, 6) is -0.201. The molecule has 2 rings (SSSR count). The monoisotopic (exact) mass is 278 g/mol. The molecular formula is C15H19FN2O2. The Balaban J connectivity index is 1.87. The van der Waals surface area contributed by atoms with Gasteiger partial charge in [0.05, 0.1) is 13.1 Å². The largest absolute Gasteiger partial charge is 0.345 e. The minimum absolute atomic E-state index is 0.0500. The zero-order chi connectivity index (χ0) is 14.5. The average Bonchev–Trinajstić information content (AvgIpc) is 2.55. The molecular weight excluding hydrogens is 259 g/mol. The molecule has 1 aromatic carbocycles. The van der Waals surface area contributed by atoms with Crippen LogP contribution in [0.15, 0.2) is 24.3 Å². The highest BCUT2D eigenvalue weighted by Gasteiger charge is 2.20. The lowest BCUT2D eigenvalue weighted by atomic mass is 10.1. The summed E-state index contributed by atoms with van der Waals surface area (Å²) in [6, 6.07) is 5.95. The second-order valence-corrected chi connectivity index (χ2v) is 5.22. The van der Waals surface area contributed by atoms with Gasteiger partial charge in [-0.1, -0.05) is 12.1 Å². The lowest BCUT2D eigenvalue weighted by Crippen LogP contribution is -2.37. The van der Waals surface area contributed by atoms with Crippen LogP contribution < -0.4 is 0 Å².